The summed E-state index contributed by atoms with van der Waals surface area (Å²) < 4.78 is 27.1. The number of hydrogen-bond acceptors (Lipinski definition) is 2. The molecule has 2 saturated carbocycles. The molecule has 3 atom stereocenters. The number of hydrogen-bond donors (Lipinski definition) is 2. The lowest BCUT2D eigenvalue weighted by atomic mass is 9.65. The highest BCUT2D eigenvalue weighted by molar-refractivity contribution is 5.46. The molecule has 0 spiro atoms. The normalized spacial score (nSPS) is 33.5. The molecule has 0 aromatic heterocycles. The zero-order valence-corrected chi connectivity index (χ0v) is 11.5. The number of aliphatic hydroxyl groups is 1. The zero-order valence-electron chi connectivity index (χ0n) is 11.5. The predicted molar refractivity (Wildman–Crippen MR) is 74.5 cm³/mol. The van der Waals surface area contributed by atoms with E-state index in [9.17, 15) is 13.9 Å². The Morgan fingerprint density at radius 3 is 2.75 bits per heavy atom. The van der Waals surface area contributed by atoms with Crippen LogP contribution < -0.4 is 5.32 Å². The molecule has 0 saturated heterocycles. The predicted octanol–water partition coefficient (Wildman–Crippen LogP) is 3.85. The first kappa shape index (κ1) is 13.8. The maximum absolute atomic E-state index is 13.8. The lowest BCUT2D eigenvalue weighted by Crippen LogP contribution is -2.56. The summed E-state index contributed by atoms with van der Waals surface area (Å²) in [6, 6.07) is 3.96. The third-order valence-electron chi connectivity index (χ3n) is 5.02. The van der Waals surface area contributed by atoms with Crippen LogP contribution in [0.2, 0.25) is 0 Å². The fourth-order valence-corrected chi connectivity index (χ4v) is 3.92. The van der Waals surface area contributed by atoms with Gasteiger partial charge in [0.05, 0.1) is 17.3 Å². The van der Waals surface area contributed by atoms with Gasteiger partial charge in [-0.15, -0.1) is 0 Å². The average Bonchev–Trinajstić information content (AvgIpc) is 2.44. The summed E-state index contributed by atoms with van der Waals surface area (Å²) in [6.45, 7) is 0. The van der Waals surface area contributed by atoms with E-state index >= 15 is 0 Å². The summed E-state index contributed by atoms with van der Waals surface area (Å²) in [6.07, 6.45) is 6.85. The van der Waals surface area contributed by atoms with Crippen LogP contribution in [0.1, 0.15) is 44.9 Å². The maximum Gasteiger partial charge on any atom is 0.181 e. The first-order valence-corrected chi connectivity index (χ1v) is 7.54. The highest BCUT2D eigenvalue weighted by Crippen LogP contribution is 2.45. The van der Waals surface area contributed by atoms with Gasteiger partial charge in [-0.25, -0.2) is 8.78 Å². The highest BCUT2D eigenvalue weighted by atomic mass is 19.2. The van der Waals surface area contributed by atoms with Crippen molar-refractivity contribution in [2.24, 2.45) is 5.92 Å². The van der Waals surface area contributed by atoms with Crippen LogP contribution in [0.3, 0.4) is 0 Å². The van der Waals surface area contributed by atoms with Crippen molar-refractivity contribution >= 4 is 5.69 Å². The van der Waals surface area contributed by atoms with Gasteiger partial charge in [0.2, 0.25) is 0 Å². The maximum atomic E-state index is 13.8. The van der Waals surface area contributed by atoms with Gasteiger partial charge in [-0.2, -0.15) is 0 Å². The SMILES string of the molecule is O[C@]12CCCC[C@@H]1CCC[C@H]2Nc1cccc(F)c1F. The lowest BCUT2D eigenvalue weighted by Gasteiger charge is -2.49. The van der Waals surface area contributed by atoms with Crippen molar-refractivity contribution in [2.45, 2.75) is 56.6 Å². The molecule has 1 aromatic carbocycles. The number of benzene rings is 1. The molecule has 0 heterocycles. The van der Waals surface area contributed by atoms with Gasteiger partial charge < -0.3 is 10.4 Å². The van der Waals surface area contributed by atoms with Crippen LogP contribution >= 0.6 is 0 Å². The van der Waals surface area contributed by atoms with Crippen LogP contribution in [0, 0.1) is 17.6 Å². The van der Waals surface area contributed by atoms with Crippen LogP contribution in [0.15, 0.2) is 18.2 Å². The third-order valence-corrected chi connectivity index (χ3v) is 5.02. The van der Waals surface area contributed by atoms with Crippen molar-refractivity contribution in [1.82, 2.24) is 0 Å². The number of nitrogens with one attached hydrogen (secondary N) is 1. The number of anilines is 1. The Labute approximate surface area is 118 Å². The average molecular weight is 281 g/mol. The Kier molecular flexibility index (Phi) is 3.67. The third kappa shape index (κ3) is 2.30. The van der Waals surface area contributed by atoms with Gasteiger partial charge in [-0.05, 0) is 43.7 Å². The lowest BCUT2D eigenvalue weighted by molar-refractivity contribution is -0.0835. The van der Waals surface area contributed by atoms with Gasteiger partial charge in [-0.1, -0.05) is 25.3 Å². The van der Waals surface area contributed by atoms with Crippen LogP contribution in [-0.2, 0) is 0 Å². The second-order valence-corrected chi connectivity index (χ2v) is 6.16. The Bertz CT molecular complexity index is 491. The van der Waals surface area contributed by atoms with E-state index in [2.05, 4.69) is 5.32 Å². The summed E-state index contributed by atoms with van der Waals surface area (Å²) in [4.78, 5) is 0. The van der Waals surface area contributed by atoms with E-state index in [4.69, 9.17) is 0 Å². The quantitative estimate of drug-likeness (QED) is 0.863. The van der Waals surface area contributed by atoms with Crippen LogP contribution in [-0.4, -0.2) is 16.7 Å². The Balaban J connectivity index is 1.83. The van der Waals surface area contributed by atoms with Crippen LogP contribution in [0.5, 0.6) is 0 Å². The van der Waals surface area contributed by atoms with Crippen molar-refractivity contribution in [1.29, 1.82) is 0 Å². The molecule has 4 heteroatoms. The molecule has 2 aliphatic carbocycles. The summed E-state index contributed by atoms with van der Waals surface area (Å²) in [5, 5.41) is 14.1. The second-order valence-electron chi connectivity index (χ2n) is 6.16. The topological polar surface area (TPSA) is 32.3 Å². The molecule has 2 N–H and O–H groups in total. The van der Waals surface area contributed by atoms with Crippen molar-refractivity contribution in [3.8, 4) is 0 Å². The van der Waals surface area contributed by atoms with Crippen molar-refractivity contribution in [3.05, 3.63) is 29.8 Å². The number of fused-ring (bicyclic) bond motifs is 1. The monoisotopic (exact) mass is 281 g/mol. The largest absolute Gasteiger partial charge is 0.387 e. The molecule has 0 radical (unpaired) electrons. The molecular formula is C16H21F2NO. The Morgan fingerprint density at radius 2 is 1.90 bits per heavy atom. The number of rotatable bonds is 2. The Morgan fingerprint density at radius 1 is 1.10 bits per heavy atom. The molecule has 3 rings (SSSR count). The fourth-order valence-electron chi connectivity index (χ4n) is 3.92. The van der Waals surface area contributed by atoms with Gasteiger partial charge in [0.25, 0.3) is 0 Å². The smallest absolute Gasteiger partial charge is 0.181 e. The van der Waals surface area contributed by atoms with Crippen LogP contribution in [0.25, 0.3) is 0 Å². The molecule has 0 aliphatic heterocycles. The molecule has 2 aliphatic rings. The summed E-state index contributed by atoms with van der Waals surface area (Å²) in [5.41, 5.74) is -0.607. The van der Waals surface area contributed by atoms with Gasteiger partial charge in [0, 0.05) is 0 Å². The van der Waals surface area contributed by atoms with E-state index in [0.29, 0.717) is 5.92 Å². The minimum Gasteiger partial charge on any atom is -0.387 e. The molecule has 0 bridgehead atoms. The summed E-state index contributed by atoms with van der Waals surface area (Å²) in [7, 11) is 0. The minimum absolute atomic E-state index is 0.162. The van der Waals surface area contributed by atoms with Crippen LogP contribution in [0.4, 0.5) is 14.5 Å². The van der Waals surface area contributed by atoms with Gasteiger partial charge >= 0.3 is 0 Å². The molecule has 0 unspecified atom stereocenters. The van der Waals surface area contributed by atoms with Gasteiger partial charge in [0.15, 0.2) is 11.6 Å². The van der Waals surface area contributed by atoms with E-state index in [1.54, 1.807) is 0 Å². The van der Waals surface area contributed by atoms with E-state index in [-0.39, 0.29) is 11.7 Å². The molecular weight excluding hydrogens is 260 g/mol. The first-order chi connectivity index (χ1) is 9.61. The van der Waals surface area contributed by atoms with Crippen molar-refractivity contribution < 1.29 is 13.9 Å². The molecule has 2 fully saturated rings. The highest BCUT2D eigenvalue weighted by Gasteiger charge is 2.47. The molecule has 1 aromatic rings. The minimum atomic E-state index is -0.853. The molecule has 20 heavy (non-hydrogen) atoms. The summed E-state index contributed by atoms with van der Waals surface area (Å²) in [5.74, 6) is -1.41. The standard InChI is InChI=1S/C16H21F2NO/c17-12-7-4-8-13(15(12)18)19-14-9-3-6-11-5-1-2-10-16(11,14)20/h4,7-8,11,14,19-20H,1-3,5-6,9-10H2/t11-,14-,16-/m1/s1. The van der Waals surface area contributed by atoms with Gasteiger partial charge in [0.1, 0.15) is 0 Å². The van der Waals surface area contributed by atoms with E-state index in [0.717, 1.165) is 51.0 Å². The fraction of sp³-hybridized carbons (Fsp3) is 0.625. The molecule has 2 nitrogen and oxygen atoms in total. The summed E-state index contributed by atoms with van der Waals surface area (Å²) >= 11 is 0. The second kappa shape index (κ2) is 5.32. The van der Waals surface area contributed by atoms with Crippen molar-refractivity contribution in [2.75, 3.05) is 5.32 Å². The Hall–Kier alpha value is -1.16. The van der Waals surface area contributed by atoms with Crippen molar-refractivity contribution in [3.63, 3.8) is 0 Å². The van der Waals surface area contributed by atoms with E-state index < -0.39 is 17.2 Å². The first-order valence-electron chi connectivity index (χ1n) is 7.54. The number of halogens is 2. The van der Waals surface area contributed by atoms with E-state index in [1.165, 1.54) is 12.1 Å². The zero-order chi connectivity index (χ0) is 14.2. The molecule has 0 amide bonds. The van der Waals surface area contributed by atoms with Gasteiger partial charge in [-0.3, -0.25) is 0 Å². The molecule has 110 valence electrons. The van der Waals surface area contributed by atoms with E-state index in [1.807, 2.05) is 0 Å².